The smallest absolute Gasteiger partial charge is 0.0400 e. The second-order valence-corrected chi connectivity index (χ2v) is 5.95. The molecule has 1 nitrogen and oxygen atoms in total. The number of fused-ring (bicyclic) bond motifs is 1. The maximum absolute atomic E-state index is 4.15. The lowest BCUT2D eigenvalue weighted by Gasteiger charge is -2.10. The fourth-order valence-corrected chi connectivity index (χ4v) is 2.69. The van der Waals surface area contributed by atoms with Crippen molar-refractivity contribution < 1.29 is 0 Å². The average molecular weight is 338 g/mol. The summed E-state index contributed by atoms with van der Waals surface area (Å²) >= 11 is 3.50. The van der Waals surface area contributed by atoms with E-state index in [9.17, 15) is 0 Å². The first kappa shape index (κ1) is 13.9. The van der Waals surface area contributed by atoms with Crippen LogP contribution in [-0.2, 0) is 0 Å². The molecule has 0 radical (unpaired) electrons. The SMILES string of the molecule is C=C(CNc1ccc2cc(Br)ccc2c1)c1ccccc1. The molecule has 0 aliphatic heterocycles. The molecule has 3 rings (SSSR count). The lowest BCUT2D eigenvalue weighted by Crippen LogP contribution is -2.03. The van der Waals surface area contributed by atoms with Crippen LogP contribution in [0.15, 0.2) is 77.8 Å². The summed E-state index contributed by atoms with van der Waals surface area (Å²) in [6, 6.07) is 23.0. The molecule has 0 spiro atoms. The first-order chi connectivity index (χ1) is 10.2. The molecule has 21 heavy (non-hydrogen) atoms. The van der Waals surface area contributed by atoms with Crippen molar-refractivity contribution in [1.29, 1.82) is 0 Å². The van der Waals surface area contributed by atoms with Crippen LogP contribution < -0.4 is 5.32 Å². The summed E-state index contributed by atoms with van der Waals surface area (Å²) in [5, 5.41) is 5.90. The Bertz CT molecular complexity index is 778. The minimum atomic E-state index is 0.742. The van der Waals surface area contributed by atoms with Crippen LogP contribution in [0.2, 0.25) is 0 Å². The number of rotatable bonds is 4. The van der Waals surface area contributed by atoms with Crippen molar-refractivity contribution in [3.8, 4) is 0 Å². The Hall–Kier alpha value is -2.06. The van der Waals surface area contributed by atoms with Gasteiger partial charge in [0.2, 0.25) is 0 Å². The van der Waals surface area contributed by atoms with Gasteiger partial charge in [0.05, 0.1) is 0 Å². The third-order valence-corrected chi connectivity index (χ3v) is 3.98. The summed E-state index contributed by atoms with van der Waals surface area (Å²) in [7, 11) is 0. The van der Waals surface area contributed by atoms with Crippen LogP contribution in [0, 0.1) is 0 Å². The van der Waals surface area contributed by atoms with Crippen LogP contribution in [0.4, 0.5) is 5.69 Å². The number of hydrogen-bond acceptors (Lipinski definition) is 1. The summed E-state index contributed by atoms with van der Waals surface area (Å²) < 4.78 is 1.10. The normalized spacial score (nSPS) is 10.5. The van der Waals surface area contributed by atoms with Crippen molar-refractivity contribution in [3.63, 3.8) is 0 Å². The second-order valence-electron chi connectivity index (χ2n) is 5.03. The van der Waals surface area contributed by atoms with Gasteiger partial charge in [-0.15, -0.1) is 0 Å². The minimum Gasteiger partial charge on any atom is -0.381 e. The highest BCUT2D eigenvalue weighted by atomic mass is 79.9. The zero-order valence-electron chi connectivity index (χ0n) is 11.6. The van der Waals surface area contributed by atoms with Gasteiger partial charge in [-0.25, -0.2) is 0 Å². The van der Waals surface area contributed by atoms with Gasteiger partial charge in [-0.1, -0.05) is 65.0 Å². The third kappa shape index (κ3) is 3.34. The Kier molecular flexibility index (Phi) is 4.07. The van der Waals surface area contributed by atoms with Gasteiger partial charge in [0, 0.05) is 16.7 Å². The summed E-state index contributed by atoms with van der Waals surface area (Å²) in [6.07, 6.45) is 0. The van der Waals surface area contributed by atoms with Crippen LogP contribution >= 0.6 is 15.9 Å². The molecule has 0 aliphatic carbocycles. The van der Waals surface area contributed by atoms with Crippen molar-refractivity contribution in [2.75, 3.05) is 11.9 Å². The van der Waals surface area contributed by atoms with Crippen molar-refractivity contribution in [2.45, 2.75) is 0 Å². The van der Waals surface area contributed by atoms with E-state index in [1.165, 1.54) is 16.3 Å². The molecule has 0 aliphatic rings. The largest absolute Gasteiger partial charge is 0.381 e. The van der Waals surface area contributed by atoms with E-state index in [1.807, 2.05) is 18.2 Å². The molecule has 0 saturated heterocycles. The quantitative estimate of drug-likeness (QED) is 0.641. The Balaban J connectivity index is 1.73. The predicted octanol–water partition coefficient (Wildman–Crippen LogP) is 5.73. The molecule has 0 heterocycles. The van der Waals surface area contributed by atoms with Crippen molar-refractivity contribution >= 4 is 38.0 Å². The molecule has 0 saturated carbocycles. The van der Waals surface area contributed by atoms with E-state index < -0.39 is 0 Å². The zero-order valence-corrected chi connectivity index (χ0v) is 13.2. The summed E-state index contributed by atoms with van der Waals surface area (Å²) in [6.45, 7) is 4.89. The molecule has 0 amide bonds. The van der Waals surface area contributed by atoms with Crippen LogP contribution in [0.25, 0.3) is 16.3 Å². The molecule has 0 unspecified atom stereocenters. The van der Waals surface area contributed by atoms with Crippen LogP contribution in [-0.4, -0.2) is 6.54 Å². The summed E-state index contributed by atoms with van der Waals surface area (Å²) in [4.78, 5) is 0. The topological polar surface area (TPSA) is 12.0 Å². The molecule has 0 atom stereocenters. The Morgan fingerprint density at radius 2 is 1.62 bits per heavy atom. The average Bonchev–Trinajstić information content (AvgIpc) is 2.53. The first-order valence-corrected chi connectivity index (χ1v) is 7.68. The molecule has 3 aromatic rings. The highest BCUT2D eigenvalue weighted by Gasteiger charge is 2.00. The van der Waals surface area contributed by atoms with Crippen molar-refractivity contribution in [2.24, 2.45) is 0 Å². The van der Waals surface area contributed by atoms with E-state index in [4.69, 9.17) is 0 Å². The van der Waals surface area contributed by atoms with Crippen LogP contribution in [0.1, 0.15) is 5.56 Å². The number of benzene rings is 3. The Labute approximate surface area is 133 Å². The van der Waals surface area contributed by atoms with Crippen LogP contribution in [0.3, 0.4) is 0 Å². The lowest BCUT2D eigenvalue weighted by molar-refractivity contribution is 1.35. The van der Waals surface area contributed by atoms with Gasteiger partial charge < -0.3 is 5.32 Å². The third-order valence-electron chi connectivity index (χ3n) is 3.49. The van der Waals surface area contributed by atoms with Gasteiger partial charge in [-0.2, -0.15) is 0 Å². The zero-order chi connectivity index (χ0) is 14.7. The van der Waals surface area contributed by atoms with Crippen molar-refractivity contribution in [1.82, 2.24) is 0 Å². The number of hydrogen-bond donors (Lipinski definition) is 1. The summed E-state index contributed by atoms with van der Waals surface area (Å²) in [5.41, 5.74) is 3.38. The van der Waals surface area contributed by atoms with Gasteiger partial charge in [0.1, 0.15) is 0 Å². The lowest BCUT2D eigenvalue weighted by atomic mass is 10.1. The Morgan fingerprint density at radius 3 is 2.43 bits per heavy atom. The number of anilines is 1. The first-order valence-electron chi connectivity index (χ1n) is 6.89. The van der Waals surface area contributed by atoms with Gasteiger partial charge in [0.15, 0.2) is 0 Å². The molecule has 1 N–H and O–H groups in total. The minimum absolute atomic E-state index is 0.742. The fourth-order valence-electron chi connectivity index (χ4n) is 2.31. The van der Waals surface area contributed by atoms with Gasteiger partial charge in [0.25, 0.3) is 0 Å². The molecule has 3 aromatic carbocycles. The molecular weight excluding hydrogens is 322 g/mol. The van der Waals surface area contributed by atoms with E-state index in [0.717, 1.165) is 22.3 Å². The molecule has 0 bridgehead atoms. The van der Waals surface area contributed by atoms with Crippen LogP contribution in [0.5, 0.6) is 0 Å². The maximum atomic E-state index is 4.15. The van der Waals surface area contributed by atoms with E-state index in [-0.39, 0.29) is 0 Å². The molecule has 104 valence electrons. The standard InChI is InChI=1S/C19H16BrN/c1-14(15-5-3-2-4-6-15)13-21-19-10-8-16-11-18(20)9-7-17(16)12-19/h2-12,21H,1,13H2. The van der Waals surface area contributed by atoms with E-state index in [0.29, 0.717) is 0 Å². The number of nitrogens with one attached hydrogen (secondary N) is 1. The highest BCUT2D eigenvalue weighted by molar-refractivity contribution is 9.10. The van der Waals surface area contributed by atoms with Gasteiger partial charge >= 0.3 is 0 Å². The Morgan fingerprint density at radius 1 is 0.905 bits per heavy atom. The molecule has 0 aromatic heterocycles. The monoisotopic (exact) mass is 337 g/mol. The molecule has 0 fully saturated rings. The molecule has 2 heteroatoms. The van der Waals surface area contributed by atoms with E-state index in [1.54, 1.807) is 0 Å². The van der Waals surface area contributed by atoms with E-state index >= 15 is 0 Å². The van der Waals surface area contributed by atoms with E-state index in [2.05, 4.69) is 76.4 Å². The van der Waals surface area contributed by atoms with Crippen molar-refractivity contribution in [3.05, 3.63) is 83.3 Å². The highest BCUT2D eigenvalue weighted by Crippen LogP contribution is 2.23. The predicted molar refractivity (Wildman–Crippen MR) is 95.6 cm³/mol. The van der Waals surface area contributed by atoms with Gasteiger partial charge in [-0.3, -0.25) is 0 Å². The molecular formula is C19H16BrN. The fraction of sp³-hybridized carbons (Fsp3) is 0.0526. The maximum Gasteiger partial charge on any atom is 0.0400 e. The van der Waals surface area contributed by atoms with Gasteiger partial charge in [-0.05, 0) is 46.2 Å². The second kappa shape index (κ2) is 6.15. The summed E-state index contributed by atoms with van der Waals surface area (Å²) in [5.74, 6) is 0. The number of halogens is 1.